The highest BCUT2D eigenvalue weighted by Crippen LogP contribution is 2.27. The van der Waals surface area contributed by atoms with Crippen molar-refractivity contribution >= 4 is 16.1 Å². The molecule has 6 nitrogen and oxygen atoms in total. The quantitative estimate of drug-likeness (QED) is 0.687. The van der Waals surface area contributed by atoms with E-state index in [1.165, 1.54) is 0 Å². The first-order valence-electron chi connectivity index (χ1n) is 8.46. The molecular formula is C15H25FN2O4S. The molecule has 132 valence electrons. The van der Waals surface area contributed by atoms with Crippen LogP contribution >= 0.6 is 0 Å². The minimum Gasteiger partial charge on any atom is -0.377 e. The van der Waals surface area contributed by atoms with Gasteiger partial charge in [0.1, 0.15) is 0 Å². The van der Waals surface area contributed by atoms with Crippen LogP contribution in [0, 0.1) is 5.92 Å². The lowest BCUT2D eigenvalue weighted by molar-refractivity contribution is -0.130. The van der Waals surface area contributed by atoms with Crippen molar-refractivity contribution in [3.63, 3.8) is 0 Å². The summed E-state index contributed by atoms with van der Waals surface area (Å²) in [4.78, 5) is 16.3. The van der Waals surface area contributed by atoms with Gasteiger partial charge in [-0.15, -0.1) is 3.89 Å². The van der Waals surface area contributed by atoms with E-state index in [-0.39, 0.29) is 18.4 Å². The fourth-order valence-corrected chi connectivity index (χ4v) is 4.83. The van der Waals surface area contributed by atoms with Crippen molar-refractivity contribution in [2.24, 2.45) is 5.92 Å². The van der Waals surface area contributed by atoms with E-state index < -0.39 is 21.9 Å². The van der Waals surface area contributed by atoms with E-state index in [9.17, 15) is 17.1 Å². The highest BCUT2D eigenvalue weighted by atomic mass is 32.3. The second kappa shape index (κ2) is 7.03. The minimum absolute atomic E-state index is 0.0313. The highest BCUT2D eigenvalue weighted by Gasteiger charge is 2.37. The average molecular weight is 348 g/mol. The Morgan fingerprint density at radius 2 is 1.96 bits per heavy atom. The number of nitrogens with zero attached hydrogens (tertiary/aromatic N) is 2. The van der Waals surface area contributed by atoms with Crippen LogP contribution in [0.25, 0.3) is 0 Å². The number of carbonyl (C=O) groups is 1. The minimum atomic E-state index is -4.51. The van der Waals surface area contributed by atoms with Crippen LogP contribution < -0.4 is 0 Å². The second-order valence-electron chi connectivity index (χ2n) is 6.99. The molecule has 0 aromatic rings. The van der Waals surface area contributed by atoms with Crippen molar-refractivity contribution in [1.82, 2.24) is 9.80 Å². The van der Waals surface area contributed by atoms with Gasteiger partial charge in [-0.2, -0.15) is 8.42 Å². The van der Waals surface area contributed by atoms with Gasteiger partial charge < -0.3 is 14.5 Å². The molecule has 0 aromatic heterocycles. The molecular weight excluding hydrogens is 323 g/mol. The first-order valence-corrected chi connectivity index (χ1v) is 10.0. The largest absolute Gasteiger partial charge is 0.377 e. The number of halogens is 1. The molecule has 3 heterocycles. The number of carbonyl (C=O) groups excluding carboxylic acids is 1. The molecule has 3 aliphatic rings. The van der Waals surface area contributed by atoms with Crippen molar-refractivity contribution in [1.29, 1.82) is 0 Å². The van der Waals surface area contributed by atoms with Gasteiger partial charge in [0.05, 0.1) is 11.9 Å². The highest BCUT2D eigenvalue weighted by molar-refractivity contribution is 7.86. The molecule has 0 aliphatic carbocycles. The Kier molecular flexibility index (Phi) is 5.22. The molecule has 2 atom stereocenters. The summed E-state index contributed by atoms with van der Waals surface area (Å²) in [5, 5.41) is 0. The number of hydrogen-bond donors (Lipinski definition) is 0. The standard InChI is InChI=1S/C15H25FN2O4S/c16-23(20,21)11-12-8-15(19)18(9-12)13-3-5-17(6-4-13)10-14-2-1-7-22-14/h12-14H,1-11H2. The molecule has 3 rings (SSSR count). The van der Waals surface area contributed by atoms with E-state index >= 15 is 0 Å². The van der Waals surface area contributed by atoms with Gasteiger partial charge in [0.2, 0.25) is 5.91 Å². The monoisotopic (exact) mass is 348 g/mol. The number of ether oxygens (including phenoxy) is 1. The number of hydrogen-bond acceptors (Lipinski definition) is 5. The molecule has 3 saturated heterocycles. The van der Waals surface area contributed by atoms with Crippen LogP contribution in [-0.2, 0) is 19.8 Å². The molecule has 1 amide bonds. The Morgan fingerprint density at radius 1 is 1.22 bits per heavy atom. The molecule has 3 aliphatic heterocycles. The van der Waals surface area contributed by atoms with Crippen molar-refractivity contribution in [2.75, 3.05) is 38.5 Å². The second-order valence-corrected chi connectivity index (χ2v) is 8.40. The molecule has 23 heavy (non-hydrogen) atoms. The number of piperidine rings is 1. The topological polar surface area (TPSA) is 66.9 Å². The number of rotatable bonds is 5. The first-order chi connectivity index (χ1) is 10.9. The van der Waals surface area contributed by atoms with E-state index in [1.54, 1.807) is 4.90 Å². The predicted octanol–water partition coefficient (Wildman–Crippen LogP) is 0.778. The lowest BCUT2D eigenvalue weighted by Crippen LogP contribution is -2.47. The van der Waals surface area contributed by atoms with Gasteiger partial charge in [-0.1, -0.05) is 0 Å². The zero-order valence-electron chi connectivity index (χ0n) is 13.3. The summed E-state index contributed by atoms with van der Waals surface area (Å²) in [7, 11) is -4.51. The van der Waals surface area contributed by atoms with Crippen LogP contribution in [0.1, 0.15) is 32.1 Å². The number of likely N-dealkylation sites (tertiary alicyclic amines) is 2. The van der Waals surface area contributed by atoms with Crippen LogP contribution in [0.3, 0.4) is 0 Å². The third kappa shape index (κ3) is 4.64. The maximum absolute atomic E-state index is 12.8. The third-order valence-corrected chi connectivity index (χ3v) is 6.03. The summed E-state index contributed by atoms with van der Waals surface area (Å²) >= 11 is 0. The summed E-state index contributed by atoms with van der Waals surface area (Å²) in [5.74, 6) is -0.966. The molecule has 0 bridgehead atoms. The van der Waals surface area contributed by atoms with E-state index in [0.717, 1.165) is 51.9 Å². The van der Waals surface area contributed by atoms with E-state index in [1.807, 2.05) is 0 Å². The molecule has 0 radical (unpaired) electrons. The first kappa shape index (κ1) is 17.1. The summed E-state index contributed by atoms with van der Waals surface area (Å²) in [6, 6.07) is 0.163. The van der Waals surface area contributed by atoms with E-state index in [0.29, 0.717) is 12.6 Å². The Hall–Kier alpha value is -0.730. The normalized spacial score (nSPS) is 31.2. The fraction of sp³-hybridized carbons (Fsp3) is 0.933. The zero-order valence-corrected chi connectivity index (χ0v) is 14.1. The van der Waals surface area contributed by atoms with Crippen LogP contribution in [-0.4, -0.2) is 74.8 Å². The Morgan fingerprint density at radius 3 is 2.57 bits per heavy atom. The van der Waals surface area contributed by atoms with Gasteiger partial charge in [0, 0.05) is 51.2 Å². The van der Waals surface area contributed by atoms with Crippen LogP contribution in [0.15, 0.2) is 0 Å². The average Bonchev–Trinajstić information content (AvgIpc) is 3.08. The van der Waals surface area contributed by atoms with Crippen LogP contribution in [0.4, 0.5) is 3.89 Å². The third-order valence-electron chi connectivity index (χ3n) is 5.16. The lowest BCUT2D eigenvalue weighted by atomic mass is 10.0. The van der Waals surface area contributed by atoms with Crippen molar-refractivity contribution in [2.45, 2.75) is 44.2 Å². The van der Waals surface area contributed by atoms with Crippen LogP contribution in [0.2, 0.25) is 0 Å². The van der Waals surface area contributed by atoms with Crippen molar-refractivity contribution in [3.05, 3.63) is 0 Å². The summed E-state index contributed by atoms with van der Waals surface area (Å²) in [5.41, 5.74) is 0. The van der Waals surface area contributed by atoms with Gasteiger partial charge in [-0.05, 0) is 25.7 Å². The SMILES string of the molecule is O=C1CC(CS(=O)(=O)F)CN1C1CCN(CC2CCCO2)CC1. The summed E-state index contributed by atoms with van der Waals surface area (Å²) in [6.07, 6.45) is 4.56. The van der Waals surface area contributed by atoms with Crippen molar-refractivity contribution < 1.29 is 21.8 Å². The van der Waals surface area contributed by atoms with Gasteiger partial charge in [-0.3, -0.25) is 4.79 Å². The zero-order chi connectivity index (χ0) is 16.4. The predicted molar refractivity (Wildman–Crippen MR) is 83.2 cm³/mol. The molecule has 2 unspecified atom stereocenters. The van der Waals surface area contributed by atoms with Gasteiger partial charge in [-0.25, -0.2) is 0 Å². The molecule has 0 saturated carbocycles. The molecule has 0 spiro atoms. The maximum atomic E-state index is 12.8. The Balaban J connectivity index is 1.46. The lowest BCUT2D eigenvalue weighted by Gasteiger charge is -2.37. The Bertz CT molecular complexity index is 528. The van der Waals surface area contributed by atoms with Crippen molar-refractivity contribution in [3.8, 4) is 0 Å². The molecule has 8 heteroatoms. The van der Waals surface area contributed by atoms with E-state index in [2.05, 4.69) is 4.90 Å². The van der Waals surface area contributed by atoms with Gasteiger partial charge in [0.15, 0.2) is 0 Å². The van der Waals surface area contributed by atoms with Crippen LogP contribution in [0.5, 0.6) is 0 Å². The maximum Gasteiger partial charge on any atom is 0.302 e. The summed E-state index contributed by atoms with van der Waals surface area (Å²) in [6.45, 7) is 4.06. The molecule has 0 N–H and O–H groups in total. The fourth-order valence-electron chi connectivity index (χ4n) is 4.04. The van der Waals surface area contributed by atoms with Gasteiger partial charge >= 0.3 is 10.2 Å². The molecule has 3 fully saturated rings. The number of amides is 1. The smallest absolute Gasteiger partial charge is 0.302 e. The Labute approximate surface area is 137 Å². The van der Waals surface area contributed by atoms with E-state index in [4.69, 9.17) is 4.74 Å². The summed E-state index contributed by atoms with van der Waals surface area (Å²) < 4.78 is 40.0. The van der Waals surface area contributed by atoms with Gasteiger partial charge in [0.25, 0.3) is 0 Å². The molecule has 0 aromatic carbocycles.